The fourth-order valence-corrected chi connectivity index (χ4v) is 7.14. The summed E-state index contributed by atoms with van der Waals surface area (Å²) in [6.07, 6.45) is -23.2. The Kier molecular flexibility index (Phi) is 14.6. The Balaban J connectivity index is 1.29. The maximum Gasteiger partial charge on any atom is 0.364 e. The molecule has 5 unspecified atom stereocenters. The van der Waals surface area contributed by atoms with E-state index in [0.717, 1.165) is 10.8 Å². The SMILES string of the molecule is COc1ccc2cc(/C=C/C(=O)C[C@@H]3OC(CO)[C@@H](O[C@@H]4OC(CO)[C@H](O)[C@H](O[C@]5(C(=O)O)C[C@@H](O)[C@@H](C)C([C@H](O)[C@H](O)CO)O5)C4O)[C@H](O)C3O)ccc2c1. The van der Waals surface area contributed by atoms with Gasteiger partial charge in [-0.3, -0.25) is 4.79 Å². The Labute approximate surface area is 320 Å². The average molecular weight is 799 g/mol. The van der Waals surface area contributed by atoms with Gasteiger partial charge in [-0.15, -0.1) is 0 Å². The number of carboxylic acid groups (broad SMARTS) is 1. The number of ether oxygens (including phenoxy) is 6. The molecule has 0 saturated carbocycles. The van der Waals surface area contributed by atoms with Crippen molar-refractivity contribution in [2.24, 2.45) is 5.92 Å². The molecule has 312 valence electrons. The first-order valence-corrected chi connectivity index (χ1v) is 18.0. The van der Waals surface area contributed by atoms with Crippen molar-refractivity contribution in [2.75, 3.05) is 26.9 Å². The van der Waals surface area contributed by atoms with Crippen LogP contribution >= 0.6 is 0 Å². The highest BCUT2D eigenvalue weighted by Crippen LogP contribution is 2.40. The van der Waals surface area contributed by atoms with E-state index in [1.807, 2.05) is 24.3 Å². The van der Waals surface area contributed by atoms with Gasteiger partial charge in [0, 0.05) is 18.8 Å². The predicted molar refractivity (Wildman–Crippen MR) is 189 cm³/mol. The third kappa shape index (κ3) is 9.23. The summed E-state index contributed by atoms with van der Waals surface area (Å²) in [4.78, 5) is 25.6. The van der Waals surface area contributed by atoms with E-state index in [4.69, 9.17) is 28.4 Å². The molecular weight excluding hydrogens is 748 g/mol. The number of fused-ring (bicyclic) bond motifs is 1. The summed E-state index contributed by atoms with van der Waals surface area (Å²) >= 11 is 0. The van der Waals surface area contributed by atoms with E-state index < -0.39 is 142 Å². The van der Waals surface area contributed by atoms with Crippen molar-refractivity contribution in [3.05, 3.63) is 48.0 Å². The number of ketones is 1. The van der Waals surface area contributed by atoms with Crippen LogP contribution in [0.1, 0.15) is 25.3 Å². The summed E-state index contributed by atoms with van der Waals surface area (Å²) in [6, 6.07) is 11.0. The number of aliphatic carboxylic acids is 1. The maximum atomic E-state index is 12.9. The van der Waals surface area contributed by atoms with Crippen molar-refractivity contribution in [1.82, 2.24) is 0 Å². The number of allylic oxidation sites excluding steroid dienone is 1. The number of carbonyl (C=O) groups excluding carboxylic acids is 1. The molecule has 2 aromatic carbocycles. The zero-order chi connectivity index (χ0) is 41.1. The molecular formula is C37H50O19. The first-order valence-electron chi connectivity index (χ1n) is 18.0. The molecule has 0 spiro atoms. The monoisotopic (exact) mass is 798 g/mol. The van der Waals surface area contributed by atoms with Gasteiger partial charge in [0.1, 0.15) is 66.8 Å². The Morgan fingerprint density at radius 3 is 2.20 bits per heavy atom. The van der Waals surface area contributed by atoms with Crippen LogP contribution in [-0.4, -0.2) is 186 Å². The molecule has 19 nitrogen and oxygen atoms in total. The minimum Gasteiger partial charge on any atom is -0.497 e. The van der Waals surface area contributed by atoms with E-state index in [1.54, 1.807) is 25.3 Å². The lowest BCUT2D eigenvalue weighted by atomic mass is 9.84. The lowest BCUT2D eigenvalue weighted by Crippen LogP contribution is -2.68. The van der Waals surface area contributed by atoms with Gasteiger partial charge in [0.25, 0.3) is 5.79 Å². The molecule has 3 saturated heterocycles. The van der Waals surface area contributed by atoms with Gasteiger partial charge < -0.3 is 84.6 Å². The largest absolute Gasteiger partial charge is 0.497 e. The van der Waals surface area contributed by atoms with Crippen LogP contribution in [-0.2, 0) is 33.3 Å². The number of rotatable bonds is 15. The molecule has 2 aromatic rings. The normalized spacial score (nSPS) is 37.7. The lowest BCUT2D eigenvalue weighted by Gasteiger charge is -2.50. The van der Waals surface area contributed by atoms with Gasteiger partial charge >= 0.3 is 5.97 Å². The van der Waals surface area contributed by atoms with E-state index in [1.165, 1.54) is 13.0 Å². The molecule has 5 rings (SSSR count). The molecule has 3 aliphatic heterocycles. The second kappa shape index (κ2) is 18.6. The molecule has 0 aromatic heterocycles. The second-order valence-corrected chi connectivity index (χ2v) is 14.3. The van der Waals surface area contributed by atoms with Gasteiger partial charge in [0.2, 0.25) is 0 Å². The zero-order valence-corrected chi connectivity index (χ0v) is 30.5. The molecule has 3 fully saturated rings. The Morgan fingerprint density at radius 2 is 1.55 bits per heavy atom. The van der Waals surface area contributed by atoms with Crippen LogP contribution in [0, 0.1) is 5.92 Å². The smallest absolute Gasteiger partial charge is 0.364 e. The highest BCUT2D eigenvalue weighted by molar-refractivity contribution is 5.95. The lowest BCUT2D eigenvalue weighted by molar-refractivity contribution is -0.383. The molecule has 0 bridgehead atoms. The molecule has 19 heteroatoms. The van der Waals surface area contributed by atoms with Gasteiger partial charge in [-0.2, -0.15) is 0 Å². The number of aliphatic hydroxyl groups is 10. The van der Waals surface area contributed by atoms with Crippen LogP contribution in [0.2, 0.25) is 0 Å². The quantitative estimate of drug-likeness (QED) is 0.0790. The molecule has 16 atom stereocenters. The van der Waals surface area contributed by atoms with E-state index in [2.05, 4.69) is 0 Å². The third-order valence-corrected chi connectivity index (χ3v) is 10.5. The standard InChI is InChI=1S/C37H50O19/c1-16-22(42)12-37(36(49)50,55-32(16)27(44)23(43)13-38)56-34-29(46)25(14-39)53-35(31(34)48)54-33-26(15-40)52-24(28(45)30(33)47)11-20(41)7-4-17-3-5-19-10-21(51-2)8-6-18(19)9-17/h3-10,16,22-35,38-40,42-48H,11-15H2,1-2H3,(H,49,50)/b7-4+/t16-,22-,23-,24+,25?,26?,27-,28?,29+,30-,31?,32?,33-,34+,35+,37+/m1/s1. The van der Waals surface area contributed by atoms with Crippen molar-refractivity contribution >= 4 is 28.6 Å². The van der Waals surface area contributed by atoms with Crippen molar-refractivity contribution in [3.63, 3.8) is 0 Å². The number of carbonyl (C=O) groups is 2. The van der Waals surface area contributed by atoms with Crippen LogP contribution in [0.25, 0.3) is 16.8 Å². The molecule has 0 amide bonds. The summed E-state index contributed by atoms with van der Waals surface area (Å²) in [5, 5.41) is 117. The topological polar surface area (TPSA) is 312 Å². The van der Waals surface area contributed by atoms with Gasteiger partial charge in [0.15, 0.2) is 12.1 Å². The third-order valence-electron chi connectivity index (χ3n) is 10.5. The minimum atomic E-state index is -2.89. The van der Waals surface area contributed by atoms with E-state index in [-0.39, 0.29) is 0 Å². The fraction of sp³-hybridized carbons (Fsp3) is 0.622. The first-order chi connectivity index (χ1) is 26.6. The Bertz CT molecular complexity index is 1670. The number of methoxy groups -OCH3 is 1. The first kappa shape index (κ1) is 43.9. The van der Waals surface area contributed by atoms with Crippen LogP contribution < -0.4 is 4.74 Å². The second-order valence-electron chi connectivity index (χ2n) is 14.3. The van der Waals surface area contributed by atoms with E-state index >= 15 is 0 Å². The Morgan fingerprint density at radius 1 is 0.875 bits per heavy atom. The minimum absolute atomic E-state index is 0.424. The summed E-state index contributed by atoms with van der Waals surface area (Å²) in [6.45, 7) is -1.35. The fourth-order valence-electron chi connectivity index (χ4n) is 7.14. The van der Waals surface area contributed by atoms with Crippen molar-refractivity contribution in [3.8, 4) is 5.75 Å². The highest BCUT2D eigenvalue weighted by atomic mass is 16.8. The number of hydrogen-bond acceptors (Lipinski definition) is 18. The van der Waals surface area contributed by atoms with Crippen molar-refractivity contribution in [2.45, 2.75) is 111 Å². The molecule has 3 heterocycles. The molecule has 3 aliphatic rings. The summed E-state index contributed by atoms with van der Waals surface area (Å²) in [5.41, 5.74) is 0.704. The van der Waals surface area contributed by atoms with Crippen molar-refractivity contribution < 1.29 is 94.2 Å². The van der Waals surface area contributed by atoms with Crippen molar-refractivity contribution in [1.29, 1.82) is 0 Å². The molecule has 11 N–H and O–H groups in total. The van der Waals surface area contributed by atoms with Gasteiger partial charge in [-0.1, -0.05) is 31.2 Å². The van der Waals surface area contributed by atoms with Gasteiger partial charge in [0.05, 0.1) is 45.2 Å². The predicted octanol–water partition coefficient (Wildman–Crippen LogP) is -3.21. The van der Waals surface area contributed by atoms with E-state index in [9.17, 15) is 65.8 Å². The van der Waals surface area contributed by atoms with Crippen LogP contribution in [0.15, 0.2) is 42.5 Å². The molecule has 0 radical (unpaired) electrons. The van der Waals surface area contributed by atoms with Gasteiger partial charge in [-0.05, 0) is 40.6 Å². The van der Waals surface area contributed by atoms with Crippen LogP contribution in [0.4, 0.5) is 0 Å². The summed E-state index contributed by atoms with van der Waals surface area (Å²) < 4.78 is 33.5. The number of carboxylic acids is 1. The molecule has 0 aliphatic carbocycles. The van der Waals surface area contributed by atoms with E-state index in [0.29, 0.717) is 11.3 Å². The number of aliphatic hydroxyl groups excluding tert-OH is 10. The highest BCUT2D eigenvalue weighted by Gasteiger charge is 2.59. The average Bonchev–Trinajstić information content (AvgIpc) is 3.19. The van der Waals surface area contributed by atoms with Crippen LogP contribution in [0.3, 0.4) is 0 Å². The number of hydrogen-bond donors (Lipinski definition) is 11. The van der Waals surface area contributed by atoms with Crippen LogP contribution in [0.5, 0.6) is 5.75 Å². The Hall–Kier alpha value is -3.22. The van der Waals surface area contributed by atoms with Gasteiger partial charge in [-0.25, -0.2) is 4.79 Å². The zero-order valence-electron chi connectivity index (χ0n) is 30.5. The number of benzene rings is 2. The maximum absolute atomic E-state index is 12.9. The summed E-state index contributed by atoms with van der Waals surface area (Å²) in [7, 11) is 1.56. The summed E-state index contributed by atoms with van der Waals surface area (Å²) in [5.74, 6) is -5.58. The molecule has 56 heavy (non-hydrogen) atoms.